The highest BCUT2D eigenvalue weighted by molar-refractivity contribution is 7.92. The normalized spacial score (nSPS) is 11.1. The van der Waals surface area contributed by atoms with Gasteiger partial charge in [-0.15, -0.1) is 0 Å². The van der Waals surface area contributed by atoms with Gasteiger partial charge in [-0.1, -0.05) is 6.07 Å². The van der Waals surface area contributed by atoms with Crippen molar-refractivity contribution in [3.05, 3.63) is 53.5 Å². The van der Waals surface area contributed by atoms with E-state index in [4.69, 9.17) is 5.11 Å². The quantitative estimate of drug-likeness (QED) is 0.900. The summed E-state index contributed by atoms with van der Waals surface area (Å²) in [4.78, 5) is 13.8. The number of aromatic nitrogens is 1. The van der Waals surface area contributed by atoms with Crippen LogP contribution in [0.25, 0.3) is 0 Å². The van der Waals surface area contributed by atoms with E-state index in [1.54, 1.807) is 6.92 Å². The van der Waals surface area contributed by atoms with Crippen LogP contribution in [0.15, 0.2) is 41.4 Å². The van der Waals surface area contributed by atoms with Gasteiger partial charge >= 0.3 is 5.97 Å². The highest BCUT2D eigenvalue weighted by Gasteiger charge is 2.20. The van der Waals surface area contributed by atoms with Crippen LogP contribution in [0.1, 0.15) is 15.9 Å². The molecule has 0 atom stereocenters. The number of nitrogens with zero attached hydrogens (tertiary/aromatic N) is 1. The van der Waals surface area contributed by atoms with Crippen molar-refractivity contribution >= 4 is 21.8 Å². The summed E-state index contributed by atoms with van der Waals surface area (Å²) in [6.07, 6.45) is 1.01. The van der Waals surface area contributed by atoms with Gasteiger partial charge in [0.05, 0.1) is 5.56 Å². The first-order chi connectivity index (χ1) is 9.79. The number of aryl methyl sites for hydroxylation is 1. The van der Waals surface area contributed by atoms with Crippen molar-refractivity contribution < 1.29 is 22.7 Å². The zero-order valence-corrected chi connectivity index (χ0v) is 11.7. The van der Waals surface area contributed by atoms with E-state index < -0.39 is 26.7 Å². The number of hydrogen-bond acceptors (Lipinski definition) is 4. The molecule has 0 aliphatic rings. The van der Waals surface area contributed by atoms with E-state index >= 15 is 0 Å². The maximum atomic E-state index is 13.6. The molecule has 21 heavy (non-hydrogen) atoms. The summed E-state index contributed by atoms with van der Waals surface area (Å²) in [7, 11) is -4.13. The lowest BCUT2D eigenvalue weighted by Crippen LogP contribution is -2.15. The Morgan fingerprint density at radius 2 is 2.00 bits per heavy atom. The molecule has 0 radical (unpaired) electrons. The summed E-state index contributed by atoms with van der Waals surface area (Å²) in [5.41, 5.74) is 0.505. The first-order valence-electron chi connectivity index (χ1n) is 5.78. The number of carboxylic acids is 1. The molecule has 0 unspecified atom stereocenters. The van der Waals surface area contributed by atoms with Crippen LogP contribution in [-0.2, 0) is 10.0 Å². The molecule has 6 nitrogen and oxygen atoms in total. The van der Waals surface area contributed by atoms with Crippen molar-refractivity contribution in [2.45, 2.75) is 11.8 Å². The molecule has 0 amide bonds. The fraction of sp³-hybridized carbons (Fsp3) is 0.0769. The summed E-state index contributed by atoms with van der Waals surface area (Å²) >= 11 is 0. The number of rotatable bonds is 4. The molecule has 0 spiro atoms. The Bertz CT molecular complexity index is 788. The van der Waals surface area contributed by atoms with Crippen LogP contribution < -0.4 is 4.72 Å². The Labute approximate surface area is 120 Å². The molecule has 110 valence electrons. The number of nitrogens with one attached hydrogen (secondary N) is 1. The molecule has 2 rings (SSSR count). The van der Waals surface area contributed by atoms with Crippen LogP contribution in [0.5, 0.6) is 0 Å². The standard InChI is InChI=1S/C13H11FN2O4S/c1-8-2-4-10(14)11(6-8)21(19,20)16-12-5-3-9(7-15-12)13(17)18/h2-7H,1H3,(H,15,16)(H,17,18). The summed E-state index contributed by atoms with van der Waals surface area (Å²) in [5.74, 6) is -2.15. The number of carbonyl (C=O) groups is 1. The van der Waals surface area contributed by atoms with Crippen LogP contribution in [0.3, 0.4) is 0 Å². The minimum Gasteiger partial charge on any atom is -0.478 e. The number of pyridine rings is 1. The summed E-state index contributed by atoms with van der Waals surface area (Å²) < 4.78 is 39.9. The second-order valence-electron chi connectivity index (χ2n) is 4.28. The molecular weight excluding hydrogens is 299 g/mol. The minimum atomic E-state index is -4.13. The van der Waals surface area contributed by atoms with Gasteiger partial charge in [-0.3, -0.25) is 4.72 Å². The number of carboxylic acid groups (broad SMARTS) is 1. The first kappa shape index (κ1) is 14.9. The van der Waals surface area contributed by atoms with E-state index in [9.17, 15) is 17.6 Å². The topological polar surface area (TPSA) is 96.4 Å². The molecule has 0 fully saturated rings. The predicted octanol–water partition coefficient (Wildman–Crippen LogP) is 2.03. The van der Waals surface area contributed by atoms with Crippen LogP contribution in [0.4, 0.5) is 10.2 Å². The Balaban J connectivity index is 2.33. The van der Waals surface area contributed by atoms with E-state index in [0.29, 0.717) is 5.56 Å². The molecular formula is C13H11FN2O4S. The highest BCUT2D eigenvalue weighted by Crippen LogP contribution is 2.19. The van der Waals surface area contributed by atoms with Crippen LogP contribution in [0.2, 0.25) is 0 Å². The zero-order valence-electron chi connectivity index (χ0n) is 10.9. The average molecular weight is 310 g/mol. The lowest BCUT2D eigenvalue weighted by Gasteiger charge is -2.09. The molecule has 0 bridgehead atoms. The average Bonchev–Trinajstić information content (AvgIpc) is 2.41. The van der Waals surface area contributed by atoms with Crippen molar-refractivity contribution in [3.63, 3.8) is 0 Å². The molecule has 0 saturated heterocycles. The molecule has 1 aromatic heterocycles. The maximum absolute atomic E-state index is 13.6. The fourth-order valence-electron chi connectivity index (χ4n) is 1.59. The molecule has 1 aromatic carbocycles. The van der Waals surface area contributed by atoms with Crippen LogP contribution in [0, 0.1) is 12.7 Å². The van der Waals surface area contributed by atoms with E-state index in [1.807, 2.05) is 0 Å². The Kier molecular flexibility index (Phi) is 3.90. The van der Waals surface area contributed by atoms with Crippen molar-refractivity contribution in [2.75, 3.05) is 4.72 Å². The van der Waals surface area contributed by atoms with Gasteiger partial charge in [0.25, 0.3) is 10.0 Å². The smallest absolute Gasteiger partial charge is 0.337 e. The zero-order chi connectivity index (χ0) is 15.6. The number of aromatic carboxylic acids is 1. The maximum Gasteiger partial charge on any atom is 0.337 e. The molecule has 0 aliphatic carbocycles. The predicted molar refractivity (Wildman–Crippen MR) is 73.1 cm³/mol. The number of anilines is 1. The van der Waals surface area contributed by atoms with Gasteiger partial charge in [-0.25, -0.2) is 22.6 Å². The number of benzene rings is 1. The van der Waals surface area contributed by atoms with Crippen LogP contribution >= 0.6 is 0 Å². The van der Waals surface area contributed by atoms with Crippen molar-refractivity contribution in [2.24, 2.45) is 0 Å². The number of hydrogen-bond donors (Lipinski definition) is 2. The number of sulfonamides is 1. The monoisotopic (exact) mass is 310 g/mol. The summed E-state index contributed by atoms with van der Waals surface area (Å²) in [6.45, 7) is 1.64. The number of halogens is 1. The Hall–Kier alpha value is -2.48. The van der Waals surface area contributed by atoms with E-state index in [0.717, 1.165) is 12.3 Å². The van der Waals surface area contributed by atoms with E-state index in [1.165, 1.54) is 24.3 Å². The molecule has 2 N–H and O–H groups in total. The van der Waals surface area contributed by atoms with Gasteiger partial charge in [-0.2, -0.15) is 0 Å². The molecule has 2 aromatic rings. The van der Waals surface area contributed by atoms with Gasteiger partial charge in [0.15, 0.2) is 0 Å². The van der Waals surface area contributed by atoms with Crippen molar-refractivity contribution in [3.8, 4) is 0 Å². The Morgan fingerprint density at radius 3 is 2.57 bits per heavy atom. The third-order valence-electron chi connectivity index (χ3n) is 2.63. The lowest BCUT2D eigenvalue weighted by atomic mass is 10.2. The largest absolute Gasteiger partial charge is 0.478 e. The van der Waals surface area contributed by atoms with Crippen LogP contribution in [-0.4, -0.2) is 24.5 Å². The fourth-order valence-corrected chi connectivity index (χ4v) is 2.76. The van der Waals surface area contributed by atoms with Gasteiger partial charge in [0.1, 0.15) is 16.5 Å². The first-order valence-corrected chi connectivity index (χ1v) is 7.26. The van der Waals surface area contributed by atoms with Gasteiger partial charge in [0, 0.05) is 6.20 Å². The summed E-state index contributed by atoms with van der Waals surface area (Å²) in [6, 6.07) is 6.09. The Morgan fingerprint density at radius 1 is 1.29 bits per heavy atom. The molecule has 8 heteroatoms. The van der Waals surface area contributed by atoms with Crippen molar-refractivity contribution in [1.29, 1.82) is 0 Å². The van der Waals surface area contributed by atoms with Gasteiger partial charge < -0.3 is 5.11 Å². The molecule has 0 saturated carbocycles. The third-order valence-corrected chi connectivity index (χ3v) is 4.00. The summed E-state index contributed by atoms with van der Waals surface area (Å²) in [5, 5.41) is 8.72. The van der Waals surface area contributed by atoms with Gasteiger partial charge in [-0.05, 0) is 36.8 Å². The highest BCUT2D eigenvalue weighted by atomic mass is 32.2. The second kappa shape index (κ2) is 5.49. The lowest BCUT2D eigenvalue weighted by molar-refractivity contribution is 0.0696. The third kappa shape index (κ3) is 3.34. The van der Waals surface area contributed by atoms with E-state index in [2.05, 4.69) is 9.71 Å². The molecule has 0 aliphatic heterocycles. The van der Waals surface area contributed by atoms with Gasteiger partial charge in [0.2, 0.25) is 0 Å². The van der Waals surface area contributed by atoms with E-state index in [-0.39, 0.29) is 11.4 Å². The minimum absolute atomic E-state index is 0.0836. The SMILES string of the molecule is Cc1ccc(F)c(S(=O)(=O)Nc2ccc(C(=O)O)cn2)c1. The second-order valence-corrected chi connectivity index (χ2v) is 5.93. The molecule has 1 heterocycles. The van der Waals surface area contributed by atoms with Crippen molar-refractivity contribution in [1.82, 2.24) is 4.98 Å².